The molecule has 2 aromatic carbocycles. The molecule has 3 rings (SSSR count). The molecule has 8 nitrogen and oxygen atoms in total. The van der Waals surface area contributed by atoms with Crippen molar-refractivity contribution < 1.29 is 19.3 Å². The highest BCUT2D eigenvalue weighted by Crippen LogP contribution is 2.21. The molecule has 0 aromatic heterocycles. The van der Waals surface area contributed by atoms with Crippen molar-refractivity contribution in [2.75, 3.05) is 5.75 Å². The van der Waals surface area contributed by atoms with Crippen molar-refractivity contribution >= 4 is 35.2 Å². The van der Waals surface area contributed by atoms with Crippen molar-refractivity contribution in [3.8, 4) is 0 Å². The van der Waals surface area contributed by atoms with Crippen LogP contribution in [0.2, 0.25) is 0 Å². The highest BCUT2D eigenvalue weighted by atomic mass is 32.2. The van der Waals surface area contributed by atoms with Gasteiger partial charge in [-0.2, -0.15) is 5.01 Å². The lowest BCUT2D eigenvalue weighted by Crippen LogP contribution is -2.46. The van der Waals surface area contributed by atoms with Crippen LogP contribution in [0, 0.1) is 10.1 Å². The number of hydrogen-bond acceptors (Lipinski definition) is 6. The molecule has 0 spiro atoms. The molecular formula is C17H13N3O5S. The van der Waals surface area contributed by atoms with Gasteiger partial charge in [0.2, 0.25) is 5.91 Å². The predicted octanol–water partition coefficient (Wildman–Crippen LogP) is 2.16. The zero-order valence-electron chi connectivity index (χ0n) is 13.4. The van der Waals surface area contributed by atoms with Crippen LogP contribution in [0.1, 0.15) is 26.3 Å². The van der Waals surface area contributed by atoms with Crippen LogP contribution < -0.4 is 5.43 Å². The number of carbonyl (C=O) groups is 3. The van der Waals surface area contributed by atoms with E-state index in [0.717, 1.165) is 10.6 Å². The number of amides is 3. The number of rotatable bonds is 6. The Morgan fingerprint density at radius 1 is 1.04 bits per heavy atom. The molecule has 132 valence electrons. The number of fused-ring (bicyclic) bond motifs is 1. The lowest BCUT2D eigenvalue weighted by molar-refractivity contribution is -0.384. The van der Waals surface area contributed by atoms with E-state index in [0.29, 0.717) is 5.75 Å². The smallest absolute Gasteiger partial charge is 0.272 e. The van der Waals surface area contributed by atoms with E-state index < -0.39 is 22.6 Å². The Labute approximate surface area is 152 Å². The van der Waals surface area contributed by atoms with E-state index in [1.165, 1.54) is 36.0 Å². The van der Waals surface area contributed by atoms with E-state index in [1.54, 1.807) is 24.3 Å². The van der Waals surface area contributed by atoms with Crippen LogP contribution in [0.3, 0.4) is 0 Å². The first-order chi connectivity index (χ1) is 12.5. The molecule has 0 aliphatic carbocycles. The Morgan fingerprint density at radius 3 is 2.15 bits per heavy atom. The molecule has 0 fully saturated rings. The number of hydrogen-bond donors (Lipinski definition) is 1. The van der Waals surface area contributed by atoms with Gasteiger partial charge in [-0.1, -0.05) is 24.3 Å². The van der Waals surface area contributed by atoms with E-state index in [2.05, 4.69) is 5.43 Å². The highest BCUT2D eigenvalue weighted by molar-refractivity contribution is 7.99. The number of benzene rings is 2. The number of hydrazine groups is 1. The standard InChI is InChI=1S/C17H13N3O5S/c21-15(10-26-9-11-5-7-12(8-6-11)20(24)25)18-19-16(22)13-3-1-2-4-14(13)17(19)23/h1-8H,9-10H2,(H,18,21). The number of nitro groups is 1. The molecule has 9 heteroatoms. The van der Waals surface area contributed by atoms with Crippen LogP contribution in [0.4, 0.5) is 5.69 Å². The summed E-state index contributed by atoms with van der Waals surface area (Å²) in [6.45, 7) is 0. The summed E-state index contributed by atoms with van der Waals surface area (Å²) in [5, 5.41) is 11.3. The summed E-state index contributed by atoms with van der Waals surface area (Å²) in [7, 11) is 0. The van der Waals surface area contributed by atoms with Gasteiger partial charge >= 0.3 is 0 Å². The van der Waals surface area contributed by atoms with Crippen molar-refractivity contribution in [2.45, 2.75) is 5.75 Å². The number of nitrogens with zero attached hydrogens (tertiary/aromatic N) is 2. The molecule has 1 heterocycles. The zero-order valence-corrected chi connectivity index (χ0v) is 14.2. The maximum atomic E-state index is 12.2. The van der Waals surface area contributed by atoms with Crippen LogP contribution >= 0.6 is 11.8 Å². The van der Waals surface area contributed by atoms with Crippen LogP contribution in [-0.4, -0.2) is 33.4 Å². The highest BCUT2D eigenvalue weighted by Gasteiger charge is 2.36. The SMILES string of the molecule is O=C(CSCc1ccc([N+](=O)[O-])cc1)NN1C(=O)c2ccccc2C1=O. The normalized spacial score (nSPS) is 12.8. The fourth-order valence-corrected chi connectivity index (χ4v) is 3.20. The molecular weight excluding hydrogens is 358 g/mol. The van der Waals surface area contributed by atoms with Gasteiger partial charge in [0, 0.05) is 17.9 Å². The molecule has 0 saturated carbocycles. The van der Waals surface area contributed by atoms with Crippen molar-refractivity contribution in [1.29, 1.82) is 0 Å². The second kappa shape index (κ2) is 7.36. The van der Waals surface area contributed by atoms with Gasteiger partial charge < -0.3 is 0 Å². The molecule has 1 N–H and O–H groups in total. The van der Waals surface area contributed by atoms with Crippen molar-refractivity contribution in [3.63, 3.8) is 0 Å². The van der Waals surface area contributed by atoms with E-state index in [4.69, 9.17) is 0 Å². The number of nitro benzene ring substituents is 1. The summed E-state index contributed by atoms with van der Waals surface area (Å²) in [6, 6.07) is 12.4. The third-order valence-corrected chi connectivity index (χ3v) is 4.68. The van der Waals surface area contributed by atoms with Crippen LogP contribution in [-0.2, 0) is 10.5 Å². The third kappa shape index (κ3) is 3.57. The van der Waals surface area contributed by atoms with Crippen molar-refractivity contribution in [3.05, 3.63) is 75.3 Å². The van der Waals surface area contributed by atoms with Crippen LogP contribution in [0.25, 0.3) is 0 Å². The minimum atomic E-state index is -0.556. The molecule has 26 heavy (non-hydrogen) atoms. The Kier molecular flexibility index (Phi) is 4.99. The van der Waals surface area contributed by atoms with E-state index in [1.807, 2.05) is 0 Å². The topological polar surface area (TPSA) is 110 Å². The minimum absolute atomic E-state index is 0.00196. The number of thioether (sulfide) groups is 1. The summed E-state index contributed by atoms with van der Waals surface area (Å²) < 4.78 is 0. The van der Waals surface area contributed by atoms with Gasteiger partial charge in [-0.05, 0) is 17.7 Å². The first-order valence-corrected chi connectivity index (χ1v) is 8.71. The number of imide groups is 1. The average Bonchev–Trinajstić information content (AvgIpc) is 2.87. The minimum Gasteiger partial charge on any atom is -0.272 e. The number of carbonyl (C=O) groups excluding carboxylic acids is 3. The molecule has 0 unspecified atom stereocenters. The van der Waals surface area contributed by atoms with Gasteiger partial charge in [-0.15, -0.1) is 11.8 Å². The Hall–Kier alpha value is -3.20. The lowest BCUT2D eigenvalue weighted by atomic mass is 10.1. The summed E-state index contributed by atoms with van der Waals surface area (Å²) in [5.74, 6) is -1.09. The molecule has 1 aliphatic rings. The van der Waals surface area contributed by atoms with Crippen LogP contribution in [0.15, 0.2) is 48.5 Å². The summed E-state index contributed by atoms with van der Waals surface area (Å²) in [4.78, 5) is 46.4. The van der Waals surface area contributed by atoms with E-state index in [9.17, 15) is 24.5 Å². The Morgan fingerprint density at radius 2 is 1.62 bits per heavy atom. The van der Waals surface area contributed by atoms with Crippen molar-refractivity contribution in [2.24, 2.45) is 0 Å². The fourth-order valence-electron chi connectivity index (χ4n) is 2.42. The van der Waals surface area contributed by atoms with Gasteiger partial charge in [-0.3, -0.25) is 29.9 Å². The molecule has 0 atom stereocenters. The quantitative estimate of drug-likeness (QED) is 0.473. The zero-order chi connectivity index (χ0) is 18.7. The van der Waals surface area contributed by atoms with Gasteiger partial charge in [0.25, 0.3) is 17.5 Å². The monoisotopic (exact) mass is 371 g/mol. The molecule has 0 radical (unpaired) electrons. The third-order valence-electron chi connectivity index (χ3n) is 3.68. The van der Waals surface area contributed by atoms with Gasteiger partial charge in [-0.25, -0.2) is 0 Å². The molecule has 0 bridgehead atoms. The molecule has 2 aromatic rings. The number of nitrogens with one attached hydrogen (secondary N) is 1. The van der Waals surface area contributed by atoms with Gasteiger partial charge in [0.05, 0.1) is 21.8 Å². The molecule has 3 amide bonds. The maximum absolute atomic E-state index is 12.2. The average molecular weight is 371 g/mol. The Bertz CT molecular complexity index is 863. The molecule has 1 aliphatic heterocycles. The summed E-state index contributed by atoms with van der Waals surface area (Å²) >= 11 is 1.27. The van der Waals surface area contributed by atoms with Gasteiger partial charge in [0.1, 0.15) is 0 Å². The summed E-state index contributed by atoms with van der Waals surface area (Å²) in [6.07, 6.45) is 0. The second-order valence-corrected chi connectivity index (χ2v) is 6.43. The Balaban J connectivity index is 1.51. The first-order valence-electron chi connectivity index (χ1n) is 7.56. The lowest BCUT2D eigenvalue weighted by Gasteiger charge is -2.14. The fraction of sp³-hybridized carbons (Fsp3) is 0.118. The largest absolute Gasteiger partial charge is 0.280 e. The first kappa shape index (κ1) is 17.6. The second-order valence-electron chi connectivity index (χ2n) is 5.44. The van der Waals surface area contributed by atoms with Gasteiger partial charge in [0.15, 0.2) is 0 Å². The van der Waals surface area contributed by atoms with E-state index in [-0.39, 0.29) is 22.6 Å². The number of non-ortho nitro benzene ring substituents is 1. The predicted molar refractivity (Wildman–Crippen MR) is 94.3 cm³/mol. The summed E-state index contributed by atoms with van der Waals surface area (Å²) in [5.41, 5.74) is 3.67. The van der Waals surface area contributed by atoms with Crippen LogP contribution in [0.5, 0.6) is 0 Å². The molecule has 0 saturated heterocycles. The van der Waals surface area contributed by atoms with E-state index >= 15 is 0 Å². The van der Waals surface area contributed by atoms with Crippen molar-refractivity contribution in [1.82, 2.24) is 10.4 Å². The maximum Gasteiger partial charge on any atom is 0.280 e.